The fourth-order valence-corrected chi connectivity index (χ4v) is 1.45. The Morgan fingerprint density at radius 2 is 1.92 bits per heavy atom. The minimum Gasteiger partial charge on any atom is -0.380 e. The Balaban J connectivity index is 3.00. The van der Waals surface area contributed by atoms with Crippen molar-refractivity contribution in [1.29, 1.82) is 0 Å². The predicted molar refractivity (Wildman–Crippen MR) is 50.2 cm³/mol. The molecule has 13 heavy (non-hydrogen) atoms. The lowest BCUT2D eigenvalue weighted by molar-refractivity contribution is 0.751. The first kappa shape index (κ1) is 7.97. The van der Waals surface area contributed by atoms with E-state index in [1.807, 2.05) is 20.9 Å². The van der Waals surface area contributed by atoms with Gasteiger partial charge in [-0.15, -0.1) is 5.10 Å². The molecule has 0 saturated heterocycles. The lowest BCUT2D eigenvalue weighted by atomic mass is 10.2. The van der Waals surface area contributed by atoms with Gasteiger partial charge in [0.2, 0.25) is 0 Å². The topological polar surface area (TPSA) is 69.6 Å². The lowest BCUT2D eigenvalue weighted by Crippen LogP contribution is -1.96. The molecule has 0 aromatic carbocycles. The molecule has 0 spiro atoms. The highest BCUT2D eigenvalue weighted by atomic mass is 15.3. The normalized spacial score (nSPS) is 11.0. The minimum absolute atomic E-state index is 0.393. The third-order valence-electron chi connectivity index (χ3n) is 2.25. The van der Waals surface area contributed by atoms with Crippen LogP contribution in [0, 0.1) is 13.8 Å². The molecule has 0 aliphatic rings. The molecule has 2 heterocycles. The molecule has 0 saturated carbocycles. The third-order valence-corrected chi connectivity index (χ3v) is 2.25. The van der Waals surface area contributed by atoms with Crippen LogP contribution in [0.4, 0.5) is 5.82 Å². The van der Waals surface area contributed by atoms with Crippen molar-refractivity contribution in [3.8, 4) is 0 Å². The smallest absolute Gasteiger partial charge is 0.174 e. The number of nitrogen functional groups attached to an aromatic ring is 1. The van der Waals surface area contributed by atoms with Gasteiger partial charge >= 0.3 is 0 Å². The van der Waals surface area contributed by atoms with E-state index in [0.29, 0.717) is 5.82 Å². The van der Waals surface area contributed by atoms with Crippen LogP contribution in [-0.2, 0) is 7.05 Å². The maximum atomic E-state index is 5.66. The Labute approximate surface area is 75.6 Å². The van der Waals surface area contributed by atoms with Gasteiger partial charge in [0.05, 0.1) is 5.69 Å². The predicted octanol–water partition coefficient (Wildman–Crippen LogP) is 0.562. The van der Waals surface area contributed by atoms with E-state index in [-0.39, 0.29) is 0 Å². The highest BCUT2D eigenvalue weighted by molar-refractivity contribution is 5.90. The zero-order chi connectivity index (χ0) is 9.59. The molecule has 0 amide bonds. The molecule has 5 heteroatoms. The maximum Gasteiger partial charge on any atom is 0.174 e. The molecule has 0 fully saturated rings. The van der Waals surface area contributed by atoms with Crippen LogP contribution in [0.25, 0.3) is 10.9 Å². The average Bonchev–Trinajstić information content (AvgIpc) is 2.38. The van der Waals surface area contributed by atoms with Crippen LogP contribution in [0.3, 0.4) is 0 Å². The number of nitrogens with zero attached hydrogens (tertiary/aromatic N) is 4. The van der Waals surface area contributed by atoms with Gasteiger partial charge in [-0.2, -0.15) is 10.2 Å². The van der Waals surface area contributed by atoms with Crippen molar-refractivity contribution >= 4 is 16.7 Å². The zero-order valence-corrected chi connectivity index (χ0v) is 7.87. The molecule has 2 aromatic rings. The van der Waals surface area contributed by atoms with E-state index in [9.17, 15) is 0 Å². The Kier molecular flexibility index (Phi) is 1.48. The largest absolute Gasteiger partial charge is 0.380 e. The van der Waals surface area contributed by atoms with Crippen LogP contribution in [0.2, 0.25) is 0 Å². The lowest BCUT2D eigenvalue weighted by Gasteiger charge is -1.96. The Bertz CT molecular complexity index is 471. The number of hydrogen-bond acceptors (Lipinski definition) is 4. The van der Waals surface area contributed by atoms with Crippen molar-refractivity contribution in [1.82, 2.24) is 20.0 Å². The van der Waals surface area contributed by atoms with Gasteiger partial charge in [0.25, 0.3) is 0 Å². The van der Waals surface area contributed by atoms with Gasteiger partial charge in [0.15, 0.2) is 5.82 Å². The Morgan fingerprint density at radius 1 is 1.23 bits per heavy atom. The molecule has 68 valence electrons. The third kappa shape index (κ3) is 0.965. The fourth-order valence-electron chi connectivity index (χ4n) is 1.45. The summed E-state index contributed by atoms with van der Waals surface area (Å²) >= 11 is 0. The van der Waals surface area contributed by atoms with E-state index in [2.05, 4.69) is 15.3 Å². The van der Waals surface area contributed by atoms with Crippen LogP contribution in [-0.4, -0.2) is 20.0 Å². The molecular weight excluding hydrogens is 166 g/mol. The van der Waals surface area contributed by atoms with E-state index in [1.54, 1.807) is 4.68 Å². The van der Waals surface area contributed by atoms with Crippen molar-refractivity contribution in [3.05, 3.63) is 11.4 Å². The van der Waals surface area contributed by atoms with Crippen molar-refractivity contribution < 1.29 is 0 Å². The molecule has 0 unspecified atom stereocenters. The first-order valence-electron chi connectivity index (χ1n) is 4.03. The summed E-state index contributed by atoms with van der Waals surface area (Å²) in [6.45, 7) is 3.90. The second-order valence-corrected chi connectivity index (χ2v) is 3.10. The molecule has 2 aromatic heterocycles. The van der Waals surface area contributed by atoms with Gasteiger partial charge < -0.3 is 5.73 Å². The molecule has 0 aliphatic heterocycles. The van der Waals surface area contributed by atoms with Crippen LogP contribution in [0.1, 0.15) is 11.4 Å². The monoisotopic (exact) mass is 177 g/mol. The summed E-state index contributed by atoms with van der Waals surface area (Å²) in [6.07, 6.45) is 0. The van der Waals surface area contributed by atoms with E-state index < -0.39 is 0 Å². The Hall–Kier alpha value is -1.65. The second-order valence-electron chi connectivity index (χ2n) is 3.10. The van der Waals surface area contributed by atoms with E-state index in [0.717, 1.165) is 22.3 Å². The number of aromatic nitrogens is 4. The minimum atomic E-state index is 0.393. The number of hydrogen-bond donors (Lipinski definition) is 1. The summed E-state index contributed by atoms with van der Waals surface area (Å²) in [5.74, 6) is 0.393. The molecule has 2 rings (SSSR count). The average molecular weight is 177 g/mol. The summed E-state index contributed by atoms with van der Waals surface area (Å²) in [5.41, 5.74) is 8.34. The van der Waals surface area contributed by atoms with Crippen molar-refractivity contribution in [2.75, 3.05) is 5.73 Å². The summed E-state index contributed by atoms with van der Waals surface area (Å²) < 4.78 is 1.79. The van der Waals surface area contributed by atoms with Gasteiger partial charge in [-0.25, -0.2) is 0 Å². The van der Waals surface area contributed by atoms with Gasteiger partial charge in [-0.05, 0) is 13.8 Å². The summed E-state index contributed by atoms with van der Waals surface area (Å²) in [6, 6.07) is 0. The molecule has 0 radical (unpaired) electrons. The maximum absolute atomic E-state index is 5.66. The van der Waals surface area contributed by atoms with Crippen molar-refractivity contribution in [3.63, 3.8) is 0 Å². The highest BCUT2D eigenvalue weighted by Gasteiger charge is 2.11. The summed E-state index contributed by atoms with van der Waals surface area (Å²) in [7, 11) is 1.88. The molecule has 0 atom stereocenters. The highest BCUT2D eigenvalue weighted by Crippen LogP contribution is 2.22. The zero-order valence-electron chi connectivity index (χ0n) is 7.87. The summed E-state index contributed by atoms with van der Waals surface area (Å²) in [4.78, 5) is 0. The molecule has 0 bridgehead atoms. The van der Waals surface area contributed by atoms with Gasteiger partial charge in [-0.3, -0.25) is 4.68 Å². The molecule has 0 aliphatic carbocycles. The molecular formula is C8H11N5. The van der Waals surface area contributed by atoms with Crippen molar-refractivity contribution in [2.45, 2.75) is 13.8 Å². The van der Waals surface area contributed by atoms with Crippen LogP contribution >= 0.6 is 0 Å². The van der Waals surface area contributed by atoms with E-state index in [1.165, 1.54) is 0 Å². The summed E-state index contributed by atoms with van der Waals surface area (Å²) in [5, 5.41) is 13.0. The second kappa shape index (κ2) is 2.42. The number of fused-ring (bicyclic) bond motifs is 1. The van der Waals surface area contributed by atoms with Gasteiger partial charge in [0.1, 0.15) is 5.52 Å². The number of nitrogens with two attached hydrogens (primary N) is 1. The standard InChI is InChI=1S/C8H11N5/c1-4-6-5(2)13(3)12-7(6)8(9)11-10-4/h1-3H3,(H2,9,11). The van der Waals surface area contributed by atoms with Gasteiger partial charge in [-0.1, -0.05) is 0 Å². The van der Waals surface area contributed by atoms with Crippen LogP contribution in [0.5, 0.6) is 0 Å². The van der Waals surface area contributed by atoms with Crippen molar-refractivity contribution in [2.24, 2.45) is 7.05 Å². The fraction of sp³-hybridized carbons (Fsp3) is 0.375. The molecule has 2 N–H and O–H groups in total. The number of anilines is 1. The number of rotatable bonds is 0. The van der Waals surface area contributed by atoms with Crippen LogP contribution < -0.4 is 5.73 Å². The first-order valence-corrected chi connectivity index (χ1v) is 4.03. The first-order chi connectivity index (χ1) is 6.11. The SMILES string of the molecule is Cc1nnc(N)c2nn(C)c(C)c12. The van der Waals surface area contributed by atoms with E-state index in [4.69, 9.17) is 5.73 Å². The van der Waals surface area contributed by atoms with E-state index >= 15 is 0 Å². The quantitative estimate of drug-likeness (QED) is 0.638. The van der Waals surface area contributed by atoms with Gasteiger partial charge in [0, 0.05) is 18.1 Å². The number of aryl methyl sites for hydroxylation is 3. The molecule has 5 nitrogen and oxygen atoms in total. The Morgan fingerprint density at radius 3 is 2.54 bits per heavy atom. The van der Waals surface area contributed by atoms with Crippen LogP contribution in [0.15, 0.2) is 0 Å².